The Hall–Kier alpha value is -3.65. The van der Waals surface area contributed by atoms with E-state index in [1.54, 1.807) is 12.4 Å². The number of fused-ring (bicyclic) bond motifs is 5. The fourth-order valence-corrected chi connectivity index (χ4v) is 3.64. The number of nitrogens with one attached hydrogen (secondary N) is 1. The molecule has 1 aliphatic rings. The topological polar surface area (TPSA) is 80.5 Å². The van der Waals surface area contributed by atoms with Crippen molar-refractivity contribution < 1.29 is 0 Å². The first-order chi connectivity index (χ1) is 13.3. The highest BCUT2D eigenvalue weighted by atomic mass is 15.0. The van der Waals surface area contributed by atoms with Gasteiger partial charge in [0.05, 0.1) is 5.69 Å². The van der Waals surface area contributed by atoms with E-state index in [0.29, 0.717) is 5.95 Å². The fourth-order valence-electron chi connectivity index (χ4n) is 3.64. The van der Waals surface area contributed by atoms with Crippen molar-refractivity contribution in [2.24, 2.45) is 0 Å². The number of hydrogen-bond acceptors (Lipinski definition) is 4. The van der Waals surface area contributed by atoms with Gasteiger partial charge in [-0.3, -0.25) is 4.98 Å². The van der Waals surface area contributed by atoms with Crippen LogP contribution in [0.5, 0.6) is 0 Å². The minimum Gasteiger partial charge on any atom is -0.368 e. The van der Waals surface area contributed by atoms with E-state index in [1.807, 2.05) is 24.4 Å². The van der Waals surface area contributed by atoms with Gasteiger partial charge in [-0.25, -0.2) is 9.97 Å². The second-order valence-corrected chi connectivity index (χ2v) is 6.69. The van der Waals surface area contributed by atoms with Crippen molar-refractivity contribution in [3.8, 4) is 23.1 Å². The lowest BCUT2D eigenvalue weighted by molar-refractivity contribution is 0.815. The number of nitrogens with zero attached hydrogens (tertiary/aromatic N) is 3. The highest BCUT2D eigenvalue weighted by molar-refractivity contribution is 5.98. The van der Waals surface area contributed by atoms with Gasteiger partial charge in [0.25, 0.3) is 0 Å². The summed E-state index contributed by atoms with van der Waals surface area (Å²) in [6.07, 6.45) is 8.38. The molecule has 0 unspecified atom stereocenters. The zero-order valence-electron chi connectivity index (χ0n) is 14.7. The molecule has 27 heavy (non-hydrogen) atoms. The summed E-state index contributed by atoms with van der Waals surface area (Å²) in [6.45, 7) is 0. The van der Waals surface area contributed by atoms with Crippen molar-refractivity contribution in [3.05, 3.63) is 71.3 Å². The largest absolute Gasteiger partial charge is 0.368 e. The molecule has 0 atom stereocenters. The van der Waals surface area contributed by atoms with Gasteiger partial charge in [0, 0.05) is 51.9 Å². The molecule has 1 aliphatic carbocycles. The molecule has 3 aromatic heterocycles. The lowest BCUT2D eigenvalue weighted by Gasteiger charge is -2.06. The first-order valence-electron chi connectivity index (χ1n) is 8.96. The molecule has 1 aromatic carbocycles. The van der Waals surface area contributed by atoms with Crippen LogP contribution in [0.3, 0.4) is 0 Å². The smallest absolute Gasteiger partial charge is 0.220 e. The molecule has 0 aliphatic heterocycles. The molecule has 5 nitrogen and oxygen atoms in total. The lowest BCUT2D eigenvalue weighted by atomic mass is 10.0. The standard InChI is InChI=1S/C22H17N5/c23-22-25-13-16-4-1-5-19-20(21(16)27-22)17-11-14(8-9-18(17)26-19)6-7-15-3-2-10-24-12-15/h2-3,8-13,26H,1,4-5H2,(H2,23,25,27). The van der Waals surface area contributed by atoms with E-state index in [4.69, 9.17) is 5.73 Å². The molecule has 5 heteroatoms. The maximum atomic E-state index is 5.88. The number of anilines is 1. The van der Waals surface area contributed by atoms with Gasteiger partial charge < -0.3 is 10.7 Å². The van der Waals surface area contributed by atoms with Crippen LogP contribution < -0.4 is 5.73 Å². The summed E-state index contributed by atoms with van der Waals surface area (Å²) in [4.78, 5) is 16.4. The summed E-state index contributed by atoms with van der Waals surface area (Å²) >= 11 is 0. The van der Waals surface area contributed by atoms with Crippen molar-refractivity contribution in [2.75, 3.05) is 5.73 Å². The summed E-state index contributed by atoms with van der Waals surface area (Å²) < 4.78 is 0. The Labute approximate surface area is 156 Å². The normalized spacial score (nSPS) is 12.6. The molecule has 0 saturated carbocycles. The highest BCUT2D eigenvalue weighted by Gasteiger charge is 2.21. The van der Waals surface area contributed by atoms with Gasteiger partial charge in [0.1, 0.15) is 0 Å². The highest BCUT2D eigenvalue weighted by Crippen LogP contribution is 2.37. The number of benzene rings is 1. The first kappa shape index (κ1) is 15.6. The van der Waals surface area contributed by atoms with Gasteiger partial charge in [-0.15, -0.1) is 0 Å². The van der Waals surface area contributed by atoms with E-state index >= 15 is 0 Å². The van der Waals surface area contributed by atoms with Crippen LogP contribution in [0.4, 0.5) is 5.95 Å². The maximum absolute atomic E-state index is 5.88. The van der Waals surface area contributed by atoms with Gasteiger partial charge >= 0.3 is 0 Å². The molecular weight excluding hydrogens is 334 g/mol. The van der Waals surface area contributed by atoms with Crippen LogP contribution in [0.2, 0.25) is 0 Å². The van der Waals surface area contributed by atoms with Crippen LogP contribution in [0.25, 0.3) is 22.2 Å². The van der Waals surface area contributed by atoms with Gasteiger partial charge in [0.2, 0.25) is 5.95 Å². The molecule has 0 bridgehead atoms. The van der Waals surface area contributed by atoms with E-state index in [9.17, 15) is 0 Å². The van der Waals surface area contributed by atoms with Crippen molar-refractivity contribution in [1.29, 1.82) is 0 Å². The number of pyridine rings is 1. The minimum atomic E-state index is 0.309. The lowest BCUT2D eigenvalue weighted by Crippen LogP contribution is -1.99. The molecule has 5 rings (SSSR count). The Kier molecular flexibility index (Phi) is 3.61. The van der Waals surface area contributed by atoms with Crippen LogP contribution in [0, 0.1) is 11.8 Å². The number of H-pyrrole nitrogens is 1. The second-order valence-electron chi connectivity index (χ2n) is 6.69. The Morgan fingerprint density at radius 2 is 1.96 bits per heavy atom. The first-order valence-corrected chi connectivity index (χ1v) is 8.96. The molecular formula is C22H17N5. The predicted octanol–water partition coefficient (Wildman–Crippen LogP) is 3.49. The fraction of sp³-hybridized carbons (Fsp3) is 0.136. The number of aromatic amines is 1. The van der Waals surface area contributed by atoms with Crippen LogP contribution in [-0.4, -0.2) is 19.9 Å². The van der Waals surface area contributed by atoms with E-state index in [2.05, 4.69) is 43.9 Å². The summed E-state index contributed by atoms with van der Waals surface area (Å²) in [5.74, 6) is 6.72. The molecule has 4 aromatic rings. The Balaban J connectivity index is 1.68. The third-order valence-corrected chi connectivity index (χ3v) is 4.88. The number of nitrogen functional groups attached to an aromatic ring is 1. The Morgan fingerprint density at radius 3 is 2.85 bits per heavy atom. The quantitative estimate of drug-likeness (QED) is 0.475. The molecule has 0 spiro atoms. The zero-order valence-corrected chi connectivity index (χ0v) is 14.7. The molecule has 0 amide bonds. The van der Waals surface area contributed by atoms with Crippen LogP contribution in [0.15, 0.2) is 48.9 Å². The molecule has 0 fully saturated rings. The predicted molar refractivity (Wildman–Crippen MR) is 106 cm³/mol. The molecule has 130 valence electrons. The van der Waals surface area contributed by atoms with Crippen LogP contribution >= 0.6 is 0 Å². The van der Waals surface area contributed by atoms with Crippen LogP contribution in [-0.2, 0) is 12.8 Å². The summed E-state index contributed by atoms with van der Waals surface area (Å²) in [5, 5.41) is 1.13. The van der Waals surface area contributed by atoms with E-state index in [-0.39, 0.29) is 0 Å². The number of nitrogens with two attached hydrogens (primary N) is 1. The summed E-state index contributed by atoms with van der Waals surface area (Å²) in [7, 11) is 0. The van der Waals surface area contributed by atoms with E-state index in [0.717, 1.165) is 58.1 Å². The van der Waals surface area contributed by atoms with E-state index in [1.165, 1.54) is 5.69 Å². The van der Waals surface area contributed by atoms with Crippen molar-refractivity contribution in [2.45, 2.75) is 19.3 Å². The molecule has 0 saturated heterocycles. The molecule has 3 heterocycles. The Morgan fingerprint density at radius 1 is 1.04 bits per heavy atom. The average molecular weight is 351 g/mol. The van der Waals surface area contributed by atoms with Crippen molar-refractivity contribution in [3.63, 3.8) is 0 Å². The van der Waals surface area contributed by atoms with Gasteiger partial charge in [-0.2, -0.15) is 0 Å². The summed E-state index contributed by atoms with van der Waals surface area (Å²) in [6, 6.07) is 10.1. The van der Waals surface area contributed by atoms with Crippen LogP contribution in [0.1, 0.15) is 28.8 Å². The average Bonchev–Trinajstić information content (AvgIpc) is 2.96. The second kappa shape index (κ2) is 6.26. The maximum Gasteiger partial charge on any atom is 0.220 e. The molecule has 3 N–H and O–H groups in total. The Bertz CT molecular complexity index is 1210. The van der Waals surface area contributed by atoms with Gasteiger partial charge in [-0.1, -0.05) is 11.8 Å². The minimum absolute atomic E-state index is 0.309. The third-order valence-electron chi connectivity index (χ3n) is 4.88. The van der Waals surface area contributed by atoms with Crippen molar-refractivity contribution >= 4 is 16.9 Å². The number of rotatable bonds is 0. The third kappa shape index (κ3) is 2.81. The monoisotopic (exact) mass is 351 g/mol. The SMILES string of the molecule is Nc1ncc2c(n1)-c1c([nH]c3ccc(C#Cc4cccnc4)cc13)CCC2. The molecule has 0 radical (unpaired) electrons. The van der Waals surface area contributed by atoms with Crippen molar-refractivity contribution in [1.82, 2.24) is 19.9 Å². The summed E-state index contributed by atoms with van der Waals surface area (Å²) in [5.41, 5.74) is 13.3. The zero-order chi connectivity index (χ0) is 18.2. The van der Waals surface area contributed by atoms with E-state index < -0.39 is 0 Å². The van der Waals surface area contributed by atoms with Gasteiger partial charge in [0.15, 0.2) is 0 Å². The number of aryl methyl sites for hydroxylation is 2. The number of aromatic nitrogens is 4. The number of hydrogen-bond donors (Lipinski definition) is 2. The van der Waals surface area contributed by atoms with Gasteiger partial charge in [-0.05, 0) is 55.2 Å².